The fourth-order valence-electron chi connectivity index (χ4n) is 3.76. The van der Waals surface area contributed by atoms with Crippen LogP contribution in [0.4, 0.5) is 11.4 Å². The summed E-state index contributed by atoms with van der Waals surface area (Å²) in [6.45, 7) is 7.90. The van der Waals surface area contributed by atoms with Crippen LogP contribution in [0, 0.1) is 0 Å². The molecule has 3 aromatic rings. The van der Waals surface area contributed by atoms with E-state index >= 15 is 0 Å². The molecule has 0 saturated carbocycles. The highest BCUT2D eigenvalue weighted by Crippen LogP contribution is 2.34. The maximum atomic E-state index is 13.5. The first-order valence-corrected chi connectivity index (χ1v) is 12.5. The highest BCUT2D eigenvalue weighted by molar-refractivity contribution is 7.27. The summed E-state index contributed by atoms with van der Waals surface area (Å²) in [5.74, 6) is 0.599. The molecule has 3 aromatic carbocycles. The molecule has 0 aromatic heterocycles. The summed E-state index contributed by atoms with van der Waals surface area (Å²) in [6, 6.07) is 26.0. The topological polar surface area (TPSA) is 49.9 Å². The van der Waals surface area contributed by atoms with E-state index in [9.17, 15) is 4.79 Å². The molecular formula is C29H37N2O3P. The lowest BCUT2D eigenvalue weighted by atomic mass is 10.0. The van der Waals surface area contributed by atoms with Crippen molar-refractivity contribution in [2.24, 2.45) is 0 Å². The molecule has 0 spiro atoms. The van der Waals surface area contributed by atoms with Crippen LogP contribution in [-0.4, -0.2) is 31.9 Å². The molecule has 3 rings (SSSR count). The third-order valence-corrected chi connectivity index (χ3v) is 6.34. The Labute approximate surface area is 212 Å². The summed E-state index contributed by atoms with van der Waals surface area (Å²) in [7, 11) is 4.77. The molecule has 0 saturated heterocycles. The van der Waals surface area contributed by atoms with Crippen LogP contribution in [0.25, 0.3) is 0 Å². The molecule has 186 valence electrons. The highest BCUT2D eigenvalue weighted by Gasteiger charge is 2.26. The van der Waals surface area contributed by atoms with Gasteiger partial charge in [0.05, 0.1) is 6.04 Å². The van der Waals surface area contributed by atoms with Crippen LogP contribution in [0.15, 0.2) is 78.9 Å². The van der Waals surface area contributed by atoms with Crippen LogP contribution in [0.3, 0.4) is 0 Å². The van der Waals surface area contributed by atoms with Gasteiger partial charge in [0.25, 0.3) is 5.91 Å². The van der Waals surface area contributed by atoms with Crippen molar-refractivity contribution < 1.29 is 14.3 Å². The summed E-state index contributed by atoms with van der Waals surface area (Å²) < 4.78 is 5.83. The van der Waals surface area contributed by atoms with Gasteiger partial charge in [-0.1, -0.05) is 55.5 Å². The Morgan fingerprint density at radius 2 is 1.54 bits per heavy atom. The van der Waals surface area contributed by atoms with Crippen molar-refractivity contribution in [3.8, 4) is 5.75 Å². The van der Waals surface area contributed by atoms with Gasteiger partial charge in [-0.05, 0) is 68.4 Å². The van der Waals surface area contributed by atoms with Crippen molar-refractivity contribution >= 4 is 38.1 Å². The molecule has 5 nitrogen and oxygen atoms in total. The van der Waals surface area contributed by atoms with Crippen LogP contribution < -0.4 is 19.8 Å². The van der Waals surface area contributed by atoms with Gasteiger partial charge in [-0.3, -0.25) is 4.79 Å². The molecule has 3 atom stereocenters. The minimum Gasteiger partial charge on any atom is -0.484 e. The molecule has 35 heavy (non-hydrogen) atoms. The summed E-state index contributed by atoms with van der Waals surface area (Å²) in [5.41, 5.74) is 3.11. The largest absolute Gasteiger partial charge is 0.484 e. The minimum atomic E-state index is -0.161. The predicted octanol–water partition coefficient (Wildman–Crippen LogP) is 5.80. The van der Waals surface area contributed by atoms with Crippen molar-refractivity contribution in [1.82, 2.24) is 0 Å². The Kier molecular flexibility index (Phi) is 11.5. The quantitative estimate of drug-likeness (QED) is 0.280. The lowest BCUT2D eigenvalue weighted by Gasteiger charge is -2.34. The molecule has 3 unspecified atom stereocenters. The van der Waals surface area contributed by atoms with E-state index < -0.39 is 0 Å². The number of para-hydroxylation sites is 2. The Hall–Kier alpha value is -3.17. The zero-order chi connectivity index (χ0) is 25.8. The van der Waals surface area contributed by atoms with Gasteiger partial charge in [0.1, 0.15) is 12.0 Å². The summed E-state index contributed by atoms with van der Waals surface area (Å²) in [6.07, 6.45) is 1.80. The molecule has 0 bridgehead atoms. The number of hydrogen-bond donors (Lipinski definition) is 0. The summed E-state index contributed by atoms with van der Waals surface area (Å²) in [5, 5.41) is 1.07. The fourth-order valence-corrected chi connectivity index (χ4v) is 3.96. The summed E-state index contributed by atoms with van der Waals surface area (Å²) in [4.78, 5) is 26.4. The minimum absolute atomic E-state index is 0.0290. The van der Waals surface area contributed by atoms with Gasteiger partial charge in [0, 0.05) is 24.5 Å². The third-order valence-electron chi connectivity index (χ3n) is 5.95. The number of carbonyl (C=O) groups is 2. The molecule has 6 heteroatoms. The van der Waals surface area contributed by atoms with Crippen molar-refractivity contribution in [2.75, 3.05) is 23.5 Å². The predicted molar refractivity (Wildman–Crippen MR) is 150 cm³/mol. The molecule has 0 aliphatic carbocycles. The summed E-state index contributed by atoms with van der Waals surface area (Å²) >= 11 is 0. The van der Waals surface area contributed by atoms with Crippen molar-refractivity contribution in [3.63, 3.8) is 0 Å². The maximum Gasteiger partial charge on any atom is 0.265 e. The van der Waals surface area contributed by atoms with Crippen LogP contribution in [0.1, 0.15) is 45.7 Å². The molecule has 0 aliphatic rings. The van der Waals surface area contributed by atoms with E-state index in [1.165, 1.54) is 6.92 Å². The van der Waals surface area contributed by atoms with Crippen molar-refractivity contribution in [2.45, 2.75) is 46.2 Å². The van der Waals surface area contributed by atoms with E-state index in [2.05, 4.69) is 60.2 Å². The standard InChI is InChI=1S/C27H33N2O2P.C2H4O/c1-5-20(2)28(4)26-14-10-9-13-25(26)21(3)29(22-11-7-6-8-12-22)27(30)19-31-23-15-17-24(32)18-16-23;1-2-3/h6-18,20-21H,5,19,32H2,1-4H3;2H,1H3. The number of carbonyl (C=O) groups excluding carboxylic acids is 2. The number of rotatable bonds is 9. The Morgan fingerprint density at radius 1 is 0.971 bits per heavy atom. The van der Waals surface area contributed by atoms with E-state index in [4.69, 9.17) is 9.53 Å². The number of aldehydes is 1. The fraction of sp³-hybridized carbons (Fsp3) is 0.310. The number of anilines is 2. The normalized spacial score (nSPS) is 11.9. The number of amides is 1. The number of benzene rings is 3. The van der Waals surface area contributed by atoms with Gasteiger partial charge < -0.3 is 19.3 Å². The molecular weight excluding hydrogens is 455 g/mol. The highest BCUT2D eigenvalue weighted by atomic mass is 31.0. The van der Waals surface area contributed by atoms with Crippen LogP contribution in [0.2, 0.25) is 0 Å². The number of nitrogens with zero attached hydrogens (tertiary/aromatic N) is 2. The second-order valence-corrected chi connectivity index (χ2v) is 8.96. The van der Waals surface area contributed by atoms with E-state index in [0.29, 0.717) is 11.8 Å². The van der Waals surface area contributed by atoms with E-state index in [-0.39, 0.29) is 18.6 Å². The first-order chi connectivity index (χ1) is 16.8. The first kappa shape index (κ1) is 28.1. The maximum absolute atomic E-state index is 13.5. The van der Waals surface area contributed by atoms with Crippen LogP contribution in [-0.2, 0) is 9.59 Å². The van der Waals surface area contributed by atoms with E-state index in [0.717, 1.165) is 34.9 Å². The first-order valence-electron chi connectivity index (χ1n) is 11.9. The van der Waals surface area contributed by atoms with Crippen LogP contribution in [0.5, 0.6) is 5.75 Å². The van der Waals surface area contributed by atoms with Gasteiger partial charge in [-0.25, -0.2) is 0 Å². The lowest BCUT2D eigenvalue weighted by Crippen LogP contribution is -2.38. The van der Waals surface area contributed by atoms with Crippen molar-refractivity contribution in [3.05, 3.63) is 84.4 Å². The molecule has 0 N–H and O–H groups in total. The van der Waals surface area contributed by atoms with E-state index in [1.807, 2.05) is 65.6 Å². The van der Waals surface area contributed by atoms with Gasteiger partial charge in [0.15, 0.2) is 6.61 Å². The Bertz CT molecular complexity index is 1060. The average Bonchev–Trinajstić information content (AvgIpc) is 2.88. The molecule has 0 heterocycles. The molecule has 0 aliphatic heterocycles. The zero-order valence-electron chi connectivity index (χ0n) is 21.3. The van der Waals surface area contributed by atoms with Crippen molar-refractivity contribution in [1.29, 1.82) is 0 Å². The molecule has 0 radical (unpaired) electrons. The van der Waals surface area contributed by atoms with Gasteiger partial charge in [-0.2, -0.15) is 0 Å². The Balaban J connectivity index is 0.00000137. The van der Waals surface area contributed by atoms with E-state index in [1.54, 1.807) is 0 Å². The van der Waals surface area contributed by atoms with Gasteiger partial charge >= 0.3 is 0 Å². The lowest BCUT2D eigenvalue weighted by molar-refractivity contribution is -0.121. The van der Waals surface area contributed by atoms with Gasteiger partial charge in [-0.15, -0.1) is 9.24 Å². The second kappa shape index (κ2) is 14.3. The van der Waals surface area contributed by atoms with Crippen LogP contribution >= 0.6 is 9.24 Å². The number of ether oxygens (including phenoxy) is 1. The average molecular weight is 493 g/mol. The third kappa shape index (κ3) is 7.93. The Morgan fingerprint density at radius 3 is 2.14 bits per heavy atom. The molecule has 0 fully saturated rings. The SMILES string of the molecule is CC=O.CCC(C)N(C)c1ccccc1C(C)N(C(=O)COc1ccc(P)cc1)c1ccccc1. The monoisotopic (exact) mass is 492 g/mol. The van der Waals surface area contributed by atoms with Gasteiger partial charge in [0.2, 0.25) is 0 Å². The zero-order valence-corrected chi connectivity index (χ0v) is 22.5. The molecule has 1 amide bonds. The second-order valence-electron chi connectivity index (χ2n) is 8.30. The number of hydrogen-bond acceptors (Lipinski definition) is 4. The smallest absolute Gasteiger partial charge is 0.265 e.